The molecule has 0 aliphatic carbocycles. The number of carbonyl (C=O) groups excluding carboxylic acids is 1. The molecule has 1 aliphatic heterocycles. The number of rotatable bonds is 1. The van der Waals surface area contributed by atoms with Gasteiger partial charge in [0.05, 0.1) is 10.5 Å². The Bertz CT molecular complexity index is 712. The van der Waals surface area contributed by atoms with Gasteiger partial charge in [-0.05, 0) is 39.0 Å². The number of ether oxygens (including phenoxy) is 1. The lowest BCUT2D eigenvalue weighted by molar-refractivity contribution is 0.0241. The van der Waals surface area contributed by atoms with Crippen molar-refractivity contribution in [2.45, 2.75) is 26.4 Å². The normalized spacial score (nSPS) is 16.0. The maximum atomic E-state index is 12.1. The van der Waals surface area contributed by atoms with E-state index < -0.39 is 5.60 Å². The number of H-pyrrole nitrogens is 1. The van der Waals surface area contributed by atoms with E-state index in [1.165, 1.54) is 0 Å². The molecule has 0 radical (unpaired) electrons. The quantitative estimate of drug-likeness (QED) is 0.860. The largest absolute Gasteiger partial charge is 0.444 e. The molecule has 1 aromatic carbocycles. The molecule has 1 aliphatic rings. The average Bonchev–Trinajstić information content (AvgIpc) is 2.96. The molecular formula is C17H22ClN3O2. The second-order valence-corrected chi connectivity index (χ2v) is 7.19. The SMILES string of the molecule is CC(C)(C)OC(=O)N1CCN(c2ccc(Cl)c3[nH]ccc23)CC1. The van der Waals surface area contributed by atoms with Crippen LogP contribution in [0.5, 0.6) is 0 Å². The fraction of sp³-hybridized carbons (Fsp3) is 0.471. The highest BCUT2D eigenvalue weighted by Gasteiger charge is 2.26. The Kier molecular flexibility index (Phi) is 4.15. The van der Waals surface area contributed by atoms with Crippen molar-refractivity contribution in [1.82, 2.24) is 9.88 Å². The molecule has 2 heterocycles. The zero-order valence-corrected chi connectivity index (χ0v) is 14.5. The molecule has 0 saturated carbocycles. The van der Waals surface area contributed by atoms with Crippen molar-refractivity contribution < 1.29 is 9.53 Å². The van der Waals surface area contributed by atoms with Crippen LogP contribution in [-0.4, -0.2) is 47.8 Å². The first-order chi connectivity index (χ1) is 10.8. The number of aromatic nitrogens is 1. The molecule has 1 amide bonds. The molecule has 1 saturated heterocycles. The van der Waals surface area contributed by atoms with E-state index in [1.807, 2.05) is 45.2 Å². The lowest BCUT2D eigenvalue weighted by Crippen LogP contribution is -2.50. The summed E-state index contributed by atoms with van der Waals surface area (Å²) in [5.74, 6) is 0. The highest BCUT2D eigenvalue weighted by atomic mass is 35.5. The molecule has 124 valence electrons. The van der Waals surface area contributed by atoms with Crippen LogP contribution >= 0.6 is 11.6 Å². The molecule has 0 unspecified atom stereocenters. The van der Waals surface area contributed by atoms with E-state index in [0.29, 0.717) is 13.1 Å². The van der Waals surface area contributed by atoms with Crippen LogP contribution in [0.4, 0.5) is 10.5 Å². The first-order valence-corrected chi connectivity index (χ1v) is 8.21. The van der Waals surface area contributed by atoms with Gasteiger partial charge in [0.2, 0.25) is 0 Å². The number of benzene rings is 1. The summed E-state index contributed by atoms with van der Waals surface area (Å²) < 4.78 is 5.44. The topological polar surface area (TPSA) is 48.6 Å². The number of nitrogens with zero attached hydrogens (tertiary/aromatic N) is 2. The van der Waals surface area contributed by atoms with Gasteiger partial charge in [0.25, 0.3) is 0 Å². The predicted molar refractivity (Wildman–Crippen MR) is 93.3 cm³/mol. The van der Waals surface area contributed by atoms with Crippen LogP contribution in [-0.2, 0) is 4.74 Å². The average molecular weight is 336 g/mol. The van der Waals surface area contributed by atoms with Crippen LogP contribution in [0.3, 0.4) is 0 Å². The molecule has 0 atom stereocenters. The van der Waals surface area contributed by atoms with Crippen LogP contribution in [0.25, 0.3) is 10.9 Å². The zero-order valence-electron chi connectivity index (χ0n) is 13.7. The number of hydrogen-bond acceptors (Lipinski definition) is 3. The lowest BCUT2D eigenvalue weighted by Gasteiger charge is -2.37. The van der Waals surface area contributed by atoms with Crippen LogP contribution in [0.1, 0.15) is 20.8 Å². The fourth-order valence-corrected chi connectivity index (χ4v) is 3.06. The zero-order chi connectivity index (χ0) is 16.6. The Morgan fingerprint density at radius 3 is 2.52 bits per heavy atom. The smallest absolute Gasteiger partial charge is 0.410 e. The maximum Gasteiger partial charge on any atom is 0.410 e. The highest BCUT2D eigenvalue weighted by molar-refractivity contribution is 6.35. The Labute approximate surface area is 141 Å². The van der Waals surface area contributed by atoms with Gasteiger partial charge < -0.3 is 19.5 Å². The highest BCUT2D eigenvalue weighted by Crippen LogP contribution is 2.32. The van der Waals surface area contributed by atoms with E-state index in [1.54, 1.807) is 4.90 Å². The van der Waals surface area contributed by atoms with Gasteiger partial charge in [-0.15, -0.1) is 0 Å². The van der Waals surface area contributed by atoms with Crippen molar-refractivity contribution >= 4 is 34.3 Å². The molecule has 1 N–H and O–H groups in total. The molecule has 3 rings (SSSR count). The van der Waals surface area contributed by atoms with Crippen LogP contribution in [0.2, 0.25) is 5.02 Å². The van der Waals surface area contributed by atoms with E-state index >= 15 is 0 Å². The second-order valence-electron chi connectivity index (χ2n) is 6.79. The summed E-state index contributed by atoms with van der Waals surface area (Å²) in [6.07, 6.45) is 1.66. The van der Waals surface area contributed by atoms with Gasteiger partial charge in [-0.3, -0.25) is 0 Å². The first kappa shape index (κ1) is 16.0. The van der Waals surface area contributed by atoms with Gasteiger partial charge in [0.15, 0.2) is 0 Å². The molecule has 6 heteroatoms. The molecule has 23 heavy (non-hydrogen) atoms. The van der Waals surface area contributed by atoms with Crippen molar-refractivity contribution in [3.8, 4) is 0 Å². The molecule has 5 nitrogen and oxygen atoms in total. The predicted octanol–water partition coefficient (Wildman–Crippen LogP) is 3.88. The summed E-state index contributed by atoms with van der Waals surface area (Å²) in [5.41, 5.74) is 1.65. The van der Waals surface area contributed by atoms with Crippen LogP contribution in [0.15, 0.2) is 24.4 Å². The van der Waals surface area contributed by atoms with Crippen molar-refractivity contribution in [3.63, 3.8) is 0 Å². The van der Waals surface area contributed by atoms with Crippen molar-refractivity contribution in [1.29, 1.82) is 0 Å². The molecule has 0 spiro atoms. The molecule has 0 bridgehead atoms. The third-order valence-electron chi connectivity index (χ3n) is 3.92. The number of piperazine rings is 1. The number of nitrogens with one attached hydrogen (secondary N) is 1. The van der Waals surface area contributed by atoms with E-state index in [4.69, 9.17) is 16.3 Å². The summed E-state index contributed by atoms with van der Waals surface area (Å²) in [5, 5.41) is 1.84. The second kappa shape index (κ2) is 5.96. The summed E-state index contributed by atoms with van der Waals surface area (Å²) in [7, 11) is 0. The van der Waals surface area contributed by atoms with Crippen LogP contribution in [0, 0.1) is 0 Å². The summed E-state index contributed by atoms with van der Waals surface area (Å²) in [6, 6.07) is 5.99. The minimum atomic E-state index is -0.457. The molecule has 2 aromatic rings. The van der Waals surface area contributed by atoms with E-state index in [0.717, 1.165) is 34.7 Å². The van der Waals surface area contributed by atoms with Gasteiger partial charge >= 0.3 is 6.09 Å². The number of anilines is 1. The van der Waals surface area contributed by atoms with E-state index in [-0.39, 0.29) is 6.09 Å². The van der Waals surface area contributed by atoms with E-state index in [9.17, 15) is 4.79 Å². The van der Waals surface area contributed by atoms with Crippen molar-refractivity contribution in [2.75, 3.05) is 31.1 Å². The first-order valence-electron chi connectivity index (χ1n) is 7.83. The Morgan fingerprint density at radius 2 is 1.87 bits per heavy atom. The Hall–Kier alpha value is -1.88. The Balaban J connectivity index is 1.70. The summed E-state index contributed by atoms with van der Waals surface area (Å²) in [6.45, 7) is 8.53. The number of halogens is 1. The van der Waals surface area contributed by atoms with Gasteiger partial charge in [0.1, 0.15) is 5.60 Å². The number of carbonyl (C=O) groups is 1. The van der Waals surface area contributed by atoms with Crippen molar-refractivity contribution in [2.24, 2.45) is 0 Å². The summed E-state index contributed by atoms with van der Waals surface area (Å²) >= 11 is 6.22. The summed E-state index contributed by atoms with van der Waals surface area (Å²) in [4.78, 5) is 19.4. The third kappa shape index (κ3) is 3.39. The molecule has 1 fully saturated rings. The number of aromatic amines is 1. The van der Waals surface area contributed by atoms with Crippen molar-refractivity contribution in [3.05, 3.63) is 29.4 Å². The minimum Gasteiger partial charge on any atom is -0.444 e. The van der Waals surface area contributed by atoms with E-state index in [2.05, 4.69) is 9.88 Å². The maximum absolute atomic E-state index is 12.1. The third-order valence-corrected chi connectivity index (χ3v) is 4.24. The van der Waals surface area contributed by atoms with Gasteiger partial charge in [-0.1, -0.05) is 11.6 Å². The minimum absolute atomic E-state index is 0.236. The Morgan fingerprint density at radius 1 is 1.17 bits per heavy atom. The number of fused-ring (bicyclic) bond motifs is 1. The monoisotopic (exact) mass is 335 g/mol. The van der Waals surface area contributed by atoms with Gasteiger partial charge in [0, 0.05) is 43.4 Å². The molecular weight excluding hydrogens is 314 g/mol. The number of hydrogen-bond donors (Lipinski definition) is 1. The van der Waals surface area contributed by atoms with Gasteiger partial charge in [-0.2, -0.15) is 0 Å². The van der Waals surface area contributed by atoms with Gasteiger partial charge in [-0.25, -0.2) is 4.79 Å². The molecule has 1 aromatic heterocycles. The standard InChI is InChI=1S/C17H22ClN3O2/c1-17(2,3)23-16(22)21-10-8-20(9-11-21)14-5-4-13(18)15-12(14)6-7-19-15/h4-7,19H,8-11H2,1-3H3. The number of amides is 1. The lowest BCUT2D eigenvalue weighted by atomic mass is 10.1. The fourth-order valence-electron chi connectivity index (χ4n) is 2.84. The van der Waals surface area contributed by atoms with Crippen LogP contribution < -0.4 is 4.90 Å².